The predicted molar refractivity (Wildman–Crippen MR) is 105 cm³/mol. The second kappa shape index (κ2) is 8.14. The summed E-state index contributed by atoms with van der Waals surface area (Å²) in [5, 5.41) is 3.89. The van der Waals surface area contributed by atoms with Crippen molar-refractivity contribution in [2.45, 2.75) is 20.4 Å². The molecule has 7 heteroatoms. The average molecular weight is 368 g/mol. The van der Waals surface area contributed by atoms with E-state index in [4.69, 9.17) is 4.99 Å². The molecule has 0 radical (unpaired) electrons. The Morgan fingerprint density at radius 3 is 2.92 bits per heavy atom. The number of benzene rings is 1. The molecule has 0 saturated carbocycles. The Kier molecular flexibility index (Phi) is 5.68. The van der Waals surface area contributed by atoms with Gasteiger partial charge < -0.3 is 5.32 Å². The van der Waals surface area contributed by atoms with E-state index in [-0.39, 0.29) is 11.7 Å². The van der Waals surface area contributed by atoms with Gasteiger partial charge in [0.15, 0.2) is 11.0 Å². The van der Waals surface area contributed by atoms with Crippen molar-refractivity contribution in [3.8, 4) is 0 Å². The number of rotatable bonds is 6. The van der Waals surface area contributed by atoms with Crippen LogP contribution in [0.2, 0.25) is 0 Å². The van der Waals surface area contributed by atoms with Crippen LogP contribution in [0.25, 0.3) is 0 Å². The van der Waals surface area contributed by atoms with Gasteiger partial charge in [0.2, 0.25) is 5.91 Å². The quantitative estimate of drug-likeness (QED) is 0.790. The Morgan fingerprint density at radius 1 is 1.38 bits per heavy atom. The number of nitrogens with one attached hydrogen (secondary N) is 1. The van der Waals surface area contributed by atoms with Crippen LogP contribution >= 0.6 is 11.8 Å². The minimum Gasteiger partial charge on any atom is -0.384 e. The summed E-state index contributed by atoms with van der Waals surface area (Å²) in [7, 11) is 0. The van der Waals surface area contributed by atoms with Crippen LogP contribution in [0.15, 0.2) is 47.7 Å². The Hall–Kier alpha value is -2.67. The first kappa shape index (κ1) is 18.1. The fraction of sp³-hybridized carbons (Fsp3) is 0.263. The highest BCUT2D eigenvalue weighted by molar-refractivity contribution is 8.15. The number of ketones is 1. The Balaban J connectivity index is 1.95. The topological polar surface area (TPSA) is 74.7 Å². The number of carbonyl (C=O) groups excluding carboxylic acids is 2. The molecule has 6 nitrogen and oxygen atoms in total. The second-order valence-corrected chi connectivity index (χ2v) is 6.79. The monoisotopic (exact) mass is 368 g/mol. The number of Topliss-reactive ketones (excluding diaryl/α,β-unsaturated/α-hetero) is 1. The first-order valence-electron chi connectivity index (χ1n) is 8.38. The lowest BCUT2D eigenvalue weighted by atomic mass is 10.1. The van der Waals surface area contributed by atoms with Crippen LogP contribution in [-0.4, -0.2) is 39.0 Å². The fourth-order valence-corrected chi connectivity index (χ4v) is 3.49. The maximum absolute atomic E-state index is 12.3. The number of hydrogen-bond acceptors (Lipinski definition) is 6. The number of thioether (sulfide) groups is 1. The van der Waals surface area contributed by atoms with E-state index in [0.717, 1.165) is 17.8 Å². The van der Waals surface area contributed by atoms with Crippen LogP contribution in [0.3, 0.4) is 0 Å². The van der Waals surface area contributed by atoms with E-state index in [2.05, 4.69) is 10.3 Å². The first-order chi connectivity index (χ1) is 12.6. The molecule has 0 atom stereocenters. The molecule has 1 aliphatic heterocycles. The first-order valence-corrected chi connectivity index (χ1v) is 9.36. The molecule has 1 amide bonds. The molecule has 2 heterocycles. The average Bonchev–Trinajstić information content (AvgIpc) is 2.97. The van der Waals surface area contributed by atoms with E-state index in [0.29, 0.717) is 28.7 Å². The molecule has 1 saturated heterocycles. The molecule has 1 N–H and O–H groups in total. The summed E-state index contributed by atoms with van der Waals surface area (Å²) < 4.78 is 0. The highest BCUT2D eigenvalue weighted by Crippen LogP contribution is 2.31. The van der Waals surface area contributed by atoms with Crippen LogP contribution in [0.5, 0.6) is 0 Å². The second-order valence-electron chi connectivity index (χ2n) is 5.84. The van der Waals surface area contributed by atoms with Crippen molar-refractivity contribution in [2.24, 2.45) is 4.99 Å². The molecule has 26 heavy (non-hydrogen) atoms. The Labute approximate surface area is 156 Å². The van der Waals surface area contributed by atoms with Crippen molar-refractivity contribution in [1.82, 2.24) is 9.88 Å². The number of nitrogens with zero attached hydrogens (tertiary/aromatic N) is 3. The number of aromatic nitrogens is 1. The molecule has 1 aromatic heterocycles. The van der Waals surface area contributed by atoms with E-state index in [1.165, 1.54) is 18.7 Å². The fourth-order valence-electron chi connectivity index (χ4n) is 2.60. The lowest BCUT2D eigenvalue weighted by Gasteiger charge is -2.17. The normalized spacial score (nSPS) is 15.5. The third-order valence-corrected chi connectivity index (χ3v) is 4.87. The lowest BCUT2D eigenvalue weighted by Crippen LogP contribution is -2.28. The molecule has 1 aromatic carbocycles. The van der Waals surface area contributed by atoms with Crippen LogP contribution in [0.4, 0.5) is 11.4 Å². The summed E-state index contributed by atoms with van der Waals surface area (Å²) in [4.78, 5) is 34.5. The van der Waals surface area contributed by atoms with Gasteiger partial charge in [-0.05, 0) is 43.7 Å². The van der Waals surface area contributed by atoms with E-state index in [1.54, 1.807) is 29.4 Å². The lowest BCUT2D eigenvalue weighted by molar-refractivity contribution is -0.124. The zero-order valence-electron chi connectivity index (χ0n) is 14.7. The Bertz CT molecular complexity index is 852. The van der Waals surface area contributed by atoms with Crippen LogP contribution < -0.4 is 5.32 Å². The van der Waals surface area contributed by atoms with Crippen molar-refractivity contribution >= 4 is 40.0 Å². The van der Waals surface area contributed by atoms with Gasteiger partial charge in [0.1, 0.15) is 0 Å². The molecule has 134 valence electrons. The SMILES string of the molecule is CCNc1ccc(C(C)=O)cc1/N=C1/SCC(=O)N1Cc1cccnc1. The summed E-state index contributed by atoms with van der Waals surface area (Å²) in [5.74, 6) is 0.365. The van der Waals surface area contributed by atoms with E-state index in [1.807, 2.05) is 25.1 Å². The third kappa shape index (κ3) is 4.11. The minimum absolute atomic E-state index is 0.0168. The van der Waals surface area contributed by atoms with Gasteiger partial charge in [0, 0.05) is 24.5 Å². The zero-order chi connectivity index (χ0) is 18.5. The summed E-state index contributed by atoms with van der Waals surface area (Å²) in [6.45, 7) is 4.70. The van der Waals surface area contributed by atoms with Crippen molar-refractivity contribution in [3.63, 3.8) is 0 Å². The van der Waals surface area contributed by atoms with Crippen LogP contribution in [0, 0.1) is 0 Å². The van der Waals surface area contributed by atoms with Gasteiger partial charge in [-0.3, -0.25) is 19.5 Å². The van der Waals surface area contributed by atoms with E-state index >= 15 is 0 Å². The number of aliphatic imine (C=N–C) groups is 1. The smallest absolute Gasteiger partial charge is 0.239 e. The predicted octanol–water partition coefficient (Wildman–Crippen LogP) is 3.48. The largest absolute Gasteiger partial charge is 0.384 e. The standard InChI is InChI=1S/C19H20N4O2S/c1-3-21-16-7-6-15(13(2)24)9-17(16)22-19-23(18(25)12-26-19)11-14-5-4-8-20-10-14/h4-10,21H,3,11-12H2,1-2H3/b22-19+. The number of hydrogen-bond donors (Lipinski definition) is 1. The molecule has 0 unspecified atom stereocenters. The Morgan fingerprint density at radius 2 is 2.23 bits per heavy atom. The van der Waals surface area contributed by atoms with Crippen LogP contribution in [-0.2, 0) is 11.3 Å². The molecule has 0 aliphatic carbocycles. The maximum Gasteiger partial charge on any atom is 0.239 e. The van der Waals surface area contributed by atoms with E-state index < -0.39 is 0 Å². The van der Waals surface area contributed by atoms with Gasteiger partial charge in [-0.15, -0.1) is 0 Å². The number of amides is 1. The van der Waals surface area contributed by atoms with Crippen molar-refractivity contribution in [3.05, 3.63) is 53.9 Å². The zero-order valence-corrected chi connectivity index (χ0v) is 15.5. The summed E-state index contributed by atoms with van der Waals surface area (Å²) >= 11 is 1.41. The van der Waals surface area contributed by atoms with Gasteiger partial charge in [-0.25, -0.2) is 4.99 Å². The minimum atomic E-state index is -0.0168. The van der Waals surface area contributed by atoms with E-state index in [9.17, 15) is 9.59 Å². The summed E-state index contributed by atoms with van der Waals surface area (Å²) in [5.41, 5.74) is 3.04. The molecular weight excluding hydrogens is 348 g/mol. The molecule has 0 bridgehead atoms. The molecule has 1 aliphatic rings. The van der Waals surface area contributed by atoms with Crippen molar-refractivity contribution in [1.29, 1.82) is 0 Å². The van der Waals surface area contributed by atoms with Gasteiger partial charge in [0.05, 0.1) is 23.7 Å². The molecule has 2 aromatic rings. The molecule has 3 rings (SSSR count). The number of anilines is 1. The van der Waals surface area contributed by atoms with Gasteiger partial charge in [0.25, 0.3) is 0 Å². The summed E-state index contributed by atoms with van der Waals surface area (Å²) in [6.07, 6.45) is 3.45. The third-order valence-electron chi connectivity index (χ3n) is 3.91. The number of pyridine rings is 1. The molecule has 0 spiro atoms. The maximum atomic E-state index is 12.3. The highest BCUT2D eigenvalue weighted by Gasteiger charge is 2.28. The van der Waals surface area contributed by atoms with Gasteiger partial charge in [-0.2, -0.15) is 0 Å². The number of carbonyl (C=O) groups is 2. The van der Waals surface area contributed by atoms with Gasteiger partial charge in [-0.1, -0.05) is 17.8 Å². The molecular formula is C19H20N4O2S. The molecule has 1 fully saturated rings. The van der Waals surface area contributed by atoms with Crippen molar-refractivity contribution in [2.75, 3.05) is 17.6 Å². The highest BCUT2D eigenvalue weighted by atomic mass is 32.2. The van der Waals surface area contributed by atoms with Crippen LogP contribution in [0.1, 0.15) is 29.8 Å². The number of amidine groups is 1. The summed E-state index contributed by atoms with van der Waals surface area (Å²) in [6, 6.07) is 9.18. The van der Waals surface area contributed by atoms with Crippen molar-refractivity contribution < 1.29 is 9.59 Å². The van der Waals surface area contributed by atoms with Gasteiger partial charge >= 0.3 is 0 Å².